The number of hydrogen-bond acceptors (Lipinski definition) is 2. The maximum Gasteiger partial charge on any atom is 0.0357 e. The first kappa shape index (κ1) is 16.5. The first-order valence-corrected chi connectivity index (χ1v) is 8.44. The van der Waals surface area contributed by atoms with Gasteiger partial charge in [-0.2, -0.15) is 0 Å². The Bertz CT molecular complexity index is 436. The quantitative estimate of drug-likeness (QED) is 0.853. The molecule has 0 radical (unpaired) electrons. The molecule has 0 bridgehead atoms. The van der Waals surface area contributed by atoms with E-state index in [1.54, 1.807) is 0 Å². The molecule has 118 valence electrons. The van der Waals surface area contributed by atoms with E-state index in [4.69, 9.17) is 5.73 Å². The smallest absolute Gasteiger partial charge is 0.0357 e. The summed E-state index contributed by atoms with van der Waals surface area (Å²) >= 11 is 0. The van der Waals surface area contributed by atoms with Crippen molar-refractivity contribution in [2.45, 2.75) is 70.4 Å². The molecule has 0 amide bonds. The van der Waals surface area contributed by atoms with Crippen LogP contribution in [-0.4, -0.2) is 30.6 Å². The summed E-state index contributed by atoms with van der Waals surface area (Å²) in [7, 11) is 4.43. The van der Waals surface area contributed by atoms with Crippen molar-refractivity contribution in [2.75, 3.05) is 14.1 Å². The molecule has 1 unspecified atom stereocenters. The van der Waals surface area contributed by atoms with Gasteiger partial charge >= 0.3 is 0 Å². The maximum atomic E-state index is 6.74. The van der Waals surface area contributed by atoms with Crippen molar-refractivity contribution < 1.29 is 0 Å². The van der Waals surface area contributed by atoms with Gasteiger partial charge in [0.1, 0.15) is 0 Å². The number of aryl methyl sites for hydroxylation is 2. The van der Waals surface area contributed by atoms with Gasteiger partial charge in [-0.15, -0.1) is 0 Å². The lowest BCUT2D eigenvalue weighted by Gasteiger charge is -2.44. The highest BCUT2D eigenvalue weighted by Crippen LogP contribution is 2.34. The molecule has 0 aromatic heterocycles. The summed E-state index contributed by atoms with van der Waals surface area (Å²) in [6.07, 6.45) is 8.84. The highest BCUT2D eigenvalue weighted by Gasteiger charge is 2.38. The normalized spacial score (nSPS) is 20.3. The van der Waals surface area contributed by atoms with Gasteiger partial charge in [0, 0.05) is 11.6 Å². The van der Waals surface area contributed by atoms with Gasteiger partial charge in [0.15, 0.2) is 0 Å². The lowest BCUT2D eigenvalue weighted by Crippen LogP contribution is -2.58. The number of hydrogen-bond donors (Lipinski definition) is 1. The highest BCUT2D eigenvalue weighted by molar-refractivity contribution is 5.29. The summed E-state index contributed by atoms with van der Waals surface area (Å²) < 4.78 is 0. The van der Waals surface area contributed by atoms with Crippen molar-refractivity contribution in [3.8, 4) is 0 Å². The largest absolute Gasteiger partial charge is 0.326 e. The molecule has 0 saturated heterocycles. The molecule has 2 rings (SSSR count). The lowest BCUT2D eigenvalue weighted by atomic mass is 9.79. The van der Waals surface area contributed by atoms with Crippen LogP contribution >= 0.6 is 0 Å². The second-order valence-electron chi connectivity index (χ2n) is 7.22. The number of nitrogens with zero attached hydrogens (tertiary/aromatic N) is 1. The van der Waals surface area contributed by atoms with E-state index in [9.17, 15) is 0 Å². The van der Waals surface area contributed by atoms with Crippen LogP contribution in [0.1, 0.15) is 55.2 Å². The van der Waals surface area contributed by atoms with Crippen molar-refractivity contribution >= 4 is 0 Å². The summed E-state index contributed by atoms with van der Waals surface area (Å²) in [6.45, 7) is 4.35. The minimum absolute atomic E-state index is 0.175. The summed E-state index contributed by atoms with van der Waals surface area (Å²) in [5.41, 5.74) is 11.0. The summed E-state index contributed by atoms with van der Waals surface area (Å²) in [6, 6.07) is 7.05. The third-order valence-corrected chi connectivity index (χ3v) is 5.29. The van der Waals surface area contributed by atoms with Gasteiger partial charge in [0.05, 0.1) is 0 Å². The maximum absolute atomic E-state index is 6.74. The third-order valence-electron chi connectivity index (χ3n) is 5.29. The molecule has 2 N–H and O–H groups in total. The monoisotopic (exact) mass is 288 g/mol. The van der Waals surface area contributed by atoms with Gasteiger partial charge in [0.25, 0.3) is 0 Å². The van der Waals surface area contributed by atoms with Crippen LogP contribution in [0.5, 0.6) is 0 Å². The van der Waals surface area contributed by atoms with E-state index in [2.05, 4.69) is 51.0 Å². The SMILES string of the molecule is Cc1cc(C)cc(CC(N)C2(N(C)C)CCCCCC2)c1. The van der Waals surface area contributed by atoms with Crippen molar-refractivity contribution in [1.29, 1.82) is 0 Å². The van der Waals surface area contributed by atoms with Crippen LogP contribution in [0.2, 0.25) is 0 Å². The van der Waals surface area contributed by atoms with Crippen LogP contribution in [-0.2, 0) is 6.42 Å². The van der Waals surface area contributed by atoms with E-state index in [1.807, 2.05) is 0 Å². The molecule has 0 heterocycles. The van der Waals surface area contributed by atoms with Crippen LogP contribution < -0.4 is 5.73 Å². The molecule has 1 atom stereocenters. The standard InChI is InChI=1S/C19H32N2/c1-15-11-16(2)13-17(12-15)14-18(20)19(21(3)4)9-7-5-6-8-10-19/h11-13,18H,5-10,14,20H2,1-4H3. The molecule has 1 saturated carbocycles. The first-order valence-electron chi connectivity index (χ1n) is 8.44. The molecule has 2 heteroatoms. The molecule has 21 heavy (non-hydrogen) atoms. The van der Waals surface area contributed by atoms with Crippen molar-refractivity contribution in [3.63, 3.8) is 0 Å². The number of benzene rings is 1. The molecule has 0 spiro atoms. The number of likely N-dealkylation sites (N-methyl/N-ethyl adjacent to an activating group) is 1. The predicted molar refractivity (Wildman–Crippen MR) is 91.7 cm³/mol. The zero-order valence-corrected chi connectivity index (χ0v) is 14.3. The third kappa shape index (κ3) is 3.87. The average molecular weight is 288 g/mol. The minimum atomic E-state index is 0.175. The highest BCUT2D eigenvalue weighted by atomic mass is 15.2. The zero-order chi connectivity index (χ0) is 15.5. The van der Waals surface area contributed by atoms with Crippen molar-refractivity contribution in [2.24, 2.45) is 5.73 Å². The fraction of sp³-hybridized carbons (Fsp3) is 0.684. The van der Waals surface area contributed by atoms with E-state index in [1.165, 1.54) is 55.2 Å². The second kappa shape index (κ2) is 6.93. The van der Waals surface area contributed by atoms with Gasteiger partial charge in [-0.1, -0.05) is 55.0 Å². The second-order valence-corrected chi connectivity index (χ2v) is 7.22. The first-order chi connectivity index (χ1) is 9.94. The Morgan fingerprint density at radius 3 is 2.00 bits per heavy atom. The molecular weight excluding hydrogens is 256 g/mol. The van der Waals surface area contributed by atoms with Crippen LogP contribution in [0.3, 0.4) is 0 Å². The molecule has 1 aliphatic rings. The lowest BCUT2D eigenvalue weighted by molar-refractivity contribution is 0.0968. The predicted octanol–water partition coefficient (Wildman–Crippen LogP) is 3.83. The Balaban J connectivity index is 2.20. The van der Waals surface area contributed by atoms with Crippen LogP contribution in [0, 0.1) is 13.8 Å². The molecular formula is C19H32N2. The van der Waals surface area contributed by atoms with E-state index in [0.29, 0.717) is 0 Å². The summed E-state index contributed by atoms with van der Waals surface area (Å²) in [5, 5.41) is 0. The molecule has 0 aliphatic heterocycles. The van der Waals surface area contributed by atoms with Gasteiger partial charge in [-0.25, -0.2) is 0 Å². The number of nitrogens with two attached hydrogens (primary N) is 1. The van der Waals surface area contributed by atoms with Crippen molar-refractivity contribution in [1.82, 2.24) is 4.90 Å². The average Bonchev–Trinajstić information content (AvgIpc) is 2.63. The Kier molecular flexibility index (Phi) is 5.45. The Morgan fingerprint density at radius 2 is 1.52 bits per heavy atom. The van der Waals surface area contributed by atoms with E-state index in [-0.39, 0.29) is 11.6 Å². The molecule has 1 aliphatic carbocycles. The van der Waals surface area contributed by atoms with Gasteiger partial charge in [0.2, 0.25) is 0 Å². The van der Waals surface area contributed by atoms with E-state index in [0.717, 1.165) is 6.42 Å². The zero-order valence-electron chi connectivity index (χ0n) is 14.3. The Morgan fingerprint density at radius 1 is 1.00 bits per heavy atom. The summed E-state index contributed by atoms with van der Waals surface area (Å²) in [4.78, 5) is 2.41. The molecule has 1 aromatic rings. The van der Waals surface area contributed by atoms with Gasteiger partial charge < -0.3 is 10.6 Å². The fourth-order valence-corrected chi connectivity index (χ4v) is 4.12. The van der Waals surface area contributed by atoms with E-state index < -0.39 is 0 Å². The van der Waals surface area contributed by atoms with Crippen molar-refractivity contribution in [3.05, 3.63) is 34.9 Å². The molecule has 1 aromatic carbocycles. The van der Waals surface area contributed by atoms with Crippen LogP contribution in [0.4, 0.5) is 0 Å². The molecule has 1 fully saturated rings. The Labute approximate surface area is 130 Å². The Hall–Kier alpha value is -0.860. The fourth-order valence-electron chi connectivity index (χ4n) is 4.12. The number of rotatable bonds is 4. The topological polar surface area (TPSA) is 29.3 Å². The van der Waals surface area contributed by atoms with Gasteiger partial charge in [-0.05, 0) is 52.8 Å². The molecule has 2 nitrogen and oxygen atoms in total. The van der Waals surface area contributed by atoms with Gasteiger partial charge in [-0.3, -0.25) is 0 Å². The van der Waals surface area contributed by atoms with Crippen LogP contribution in [0.15, 0.2) is 18.2 Å². The minimum Gasteiger partial charge on any atom is -0.326 e. The van der Waals surface area contributed by atoms with E-state index >= 15 is 0 Å². The van der Waals surface area contributed by atoms with Crippen LogP contribution in [0.25, 0.3) is 0 Å². The summed E-state index contributed by atoms with van der Waals surface area (Å²) in [5.74, 6) is 0.